The number of pyridine rings is 1. The Kier molecular flexibility index (Phi) is 12.5. The number of hydrogen-bond acceptors (Lipinski definition) is 5. The number of carbonyl (C=O) groups is 2. The van der Waals surface area contributed by atoms with Crippen LogP contribution in [0.3, 0.4) is 0 Å². The summed E-state index contributed by atoms with van der Waals surface area (Å²) in [4.78, 5) is 23.0. The summed E-state index contributed by atoms with van der Waals surface area (Å²) < 4.78 is 39.3. The molecule has 1 aromatic carbocycles. The van der Waals surface area contributed by atoms with Gasteiger partial charge < -0.3 is 15.5 Å². The zero-order valence-electron chi connectivity index (χ0n) is 20.8. The molecule has 0 saturated heterocycles. The highest BCUT2D eigenvalue weighted by atomic mass is 35.5. The number of carboxylic acid groups (broad SMARTS) is 2. The summed E-state index contributed by atoms with van der Waals surface area (Å²) in [6.45, 7) is 2.15. The van der Waals surface area contributed by atoms with Crippen LogP contribution in [0, 0.1) is 0 Å². The van der Waals surface area contributed by atoms with Gasteiger partial charge in [-0.05, 0) is 98.8 Å². The van der Waals surface area contributed by atoms with Crippen molar-refractivity contribution < 1.29 is 33.0 Å². The number of rotatable bonds is 7. The third-order valence-corrected chi connectivity index (χ3v) is 6.92. The number of fused-ring (bicyclic) bond motifs is 2. The van der Waals surface area contributed by atoms with Gasteiger partial charge in [-0.3, -0.25) is 14.5 Å². The lowest BCUT2D eigenvalue weighted by Gasteiger charge is -2.37. The van der Waals surface area contributed by atoms with E-state index >= 15 is 0 Å². The van der Waals surface area contributed by atoms with Gasteiger partial charge in [0.05, 0.1) is 5.02 Å². The SMILES string of the molecule is CNCCC1C2=C(CCN1CCCc1ccc(Cl)c(C(F)(F)F)n1)c1cc(Cl)ccc1C2.O=CO.O=CO. The molecule has 7 nitrogen and oxygen atoms in total. The maximum atomic E-state index is 13.1. The number of nitrogens with one attached hydrogen (secondary N) is 1. The van der Waals surface area contributed by atoms with Crippen LogP contribution >= 0.6 is 23.2 Å². The molecule has 4 rings (SSSR count). The zero-order valence-corrected chi connectivity index (χ0v) is 22.3. The summed E-state index contributed by atoms with van der Waals surface area (Å²) in [5.41, 5.74) is 4.93. The van der Waals surface area contributed by atoms with Crippen molar-refractivity contribution in [3.63, 3.8) is 0 Å². The number of aryl methyl sites for hydroxylation is 1. The number of benzene rings is 1. The molecule has 1 aromatic heterocycles. The first-order valence-electron chi connectivity index (χ1n) is 11.9. The van der Waals surface area contributed by atoms with E-state index in [2.05, 4.69) is 27.3 Å². The molecule has 38 heavy (non-hydrogen) atoms. The second-order valence-corrected chi connectivity index (χ2v) is 9.46. The summed E-state index contributed by atoms with van der Waals surface area (Å²) in [6, 6.07) is 9.36. The molecular weight excluding hydrogens is 546 g/mol. The highest BCUT2D eigenvalue weighted by Crippen LogP contribution is 2.42. The van der Waals surface area contributed by atoms with Gasteiger partial charge >= 0.3 is 6.18 Å². The molecule has 1 aliphatic carbocycles. The van der Waals surface area contributed by atoms with Gasteiger partial charge in [-0.2, -0.15) is 13.2 Å². The second-order valence-electron chi connectivity index (χ2n) is 8.62. The standard InChI is InChI=1S/C24H26Cl2F3N3.2CH2O2/c1-30-10-8-22-20-13-15-4-5-16(25)14-19(15)18(20)9-12-32(22)11-2-3-17-6-7-21(26)23(31-17)24(27,28)29;2*2-1-3/h4-7,14,22,30H,2-3,8-13H2,1H3;2*1H,(H,2,3). The van der Waals surface area contributed by atoms with E-state index in [0.717, 1.165) is 50.3 Å². The van der Waals surface area contributed by atoms with Crippen LogP contribution in [0.5, 0.6) is 0 Å². The summed E-state index contributed by atoms with van der Waals surface area (Å²) in [6.07, 6.45) is -0.410. The molecule has 0 spiro atoms. The Morgan fingerprint density at radius 1 is 1.16 bits per heavy atom. The Morgan fingerprint density at radius 2 is 1.84 bits per heavy atom. The van der Waals surface area contributed by atoms with Gasteiger partial charge in [0.15, 0.2) is 5.69 Å². The van der Waals surface area contributed by atoms with E-state index in [1.807, 2.05) is 13.1 Å². The molecule has 1 atom stereocenters. The van der Waals surface area contributed by atoms with E-state index in [9.17, 15) is 13.2 Å². The maximum absolute atomic E-state index is 13.1. The van der Waals surface area contributed by atoms with Gasteiger partial charge in [-0.15, -0.1) is 0 Å². The van der Waals surface area contributed by atoms with Crippen molar-refractivity contribution >= 4 is 41.7 Å². The molecule has 208 valence electrons. The Hall–Kier alpha value is -2.66. The lowest BCUT2D eigenvalue weighted by molar-refractivity contribution is -0.141. The first kappa shape index (κ1) is 31.6. The van der Waals surface area contributed by atoms with Crippen molar-refractivity contribution in [3.8, 4) is 0 Å². The largest absolute Gasteiger partial charge is 0.483 e. The first-order chi connectivity index (χ1) is 18.1. The minimum Gasteiger partial charge on any atom is -0.483 e. The molecule has 0 amide bonds. The zero-order chi connectivity index (χ0) is 28.3. The Morgan fingerprint density at radius 3 is 2.47 bits per heavy atom. The van der Waals surface area contributed by atoms with Gasteiger partial charge in [0, 0.05) is 23.3 Å². The summed E-state index contributed by atoms with van der Waals surface area (Å²) >= 11 is 11.9. The number of halogens is 5. The van der Waals surface area contributed by atoms with E-state index in [1.54, 1.807) is 6.07 Å². The highest BCUT2D eigenvalue weighted by Gasteiger charge is 2.36. The first-order valence-corrected chi connectivity index (χ1v) is 12.6. The Labute approximate surface area is 229 Å². The van der Waals surface area contributed by atoms with Crippen LogP contribution in [-0.4, -0.2) is 65.8 Å². The van der Waals surface area contributed by atoms with Crippen molar-refractivity contribution in [2.24, 2.45) is 0 Å². The van der Waals surface area contributed by atoms with Crippen LogP contribution in [-0.2, 0) is 28.6 Å². The van der Waals surface area contributed by atoms with E-state index < -0.39 is 11.9 Å². The molecule has 2 aromatic rings. The Balaban J connectivity index is 0.000000773. The van der Waals surface area contributed by atoms with Crippen molar-refractivity contribution in [1.82, 2.24) is 15.2 Å². The maximum Gasteiger partial charge on any atom is 0.434 e. The minimum atomic E-state index is -4.54. The number of hydrogen-bond donors (Lipinski definition) is 3. The average molecular weight is 576 g/mol. The quantitative estimate of drug-likeness (QED) is 0.378. The van der Waals surface area contributed by atoms with E-state index in [1.165, 1.54) is 28.3 Å². The molecule has 1 aliphatic heterocycles. The summed E-state index contributed by atoms with van der Waals surface area (Å²) in [5, 5.41) is 17.4. The molecule has 3 N–H and O–H groups in total. The van der Waals surface area contributed by atoms with Gasteiger partial charge in [0.2, 0.25) is 0 Å². The topological polar surface area (TPSA) is 103 Å². The molecule has 0 radical (unpaired) electrons. The van der Waals surface area contributed by atoms with E-state index in [0.29, 0.717) is 18.2 Å². The van der Waals surface area contributed by atoms with Gasteiger partial charge in [0.25, 0.3) is 12.9 Å². The number of alkyl halides is 3. The van der Waals surface area contributed by atoms with Crippen LogP contribution in [0.1, 0.15) is 41.8 Å². The molecule has 2 aliphatic rings. The van der Waals surface area contributed by atoms with Crippen molar-refractivity contribution in [2.45, 2.75) is 44.3 Å². The van der Waals surface area contributed by atoms with Gasteiger partial charge in [-0.1, -0.05) is 29.3 Å². The fourth-order valence-corrected chi connectivity index (χ4v) is 5.29. The van der Waals surface area contributed by atoms with Gasteiger partial charge in [-0.25, -0.2) is 4.98 Å². The predicted octanol–water partition coefficient (Wildman–Crippen LogP) is 5.44. The molecule has 0 bridgehead atoms. The van der Waals surface area contributed by atoms with Gasteiger partial charge in [0.1, 0.15) is 0 Å². The fourth-order valence-electron chi connectivity index (χ4n) is 4.90. The molecule has 1 unspecified atom stereocenters. The lowest BCUT2D eigenvalue weighted by atomic mass is 9.90. The lowest BCUT2D eigenvalue weighted by Crippen LogP contribution is -2.42. The van der Waals surface area contributed by atoms with Crippen LogP contribution in [0.25, 0.3) is 5.57 Å². The fraction of sp³-hybridized carbons (Fsp3) is 0.423. The predicted molar refractivity (Wildman–Crippen MR) is 141 cm³/mol. The van der Waals surface area contributed by atoms with E-state index in [4.69, 9.17) is 43.0 Å². The monoisotopic (exact) mass is 575 g/mol. The summed E-state index contributed by atoms with van der Waals surface area (Å²) in [7, 11) is 1.95. The van der Waals surface area contributed by atoms with Crippen molar-refractivity contribution in [2.75, 3.05) is 26.7 Å². The second kappa shape index (κ2) is 15.1. The number of aromatic nitrogens is 1. The smallest absolute Gasteiger partial charge is 0.434 e. The number of nitrogens with zero attached hydrogens (tertiary/aromatic N) is 2. The van der Waals surface area contributed by atoms with Crippen LogP contribution in [0.15, 0.2) is 35.9 Å². The van der Waals surface area contributed by atoms with Crippen molar-refractivity contribution in [3.05, 3.63) is 68.5 Å². The van der Waals surface area contributed by atoms with Crippen LogP contribution in [0.2, 0.25) is 10.0 Å². The Bertz CT molecular complexity index is 1120. The normalized spacial score (nSPS) is 16.4. The van der Waals surface area contributed by atoms with E-state index in [-0.39, 0.29) is 18.0 Å². The molecule has 0 fully saturated rings. The average Bonchev–Trinajstić information content (AvgIpc) is 3.22. The summed E-state index contributed by atoms with van der Waals surface area (Å²) in [5.74, 6) is 0. The molecule has 2 heterocycles. The van der Waals surface area contributed by atoms with Crippen LogP contribution in [0.4, 0.5) is 13.2 Å². The van der Waals surface area contributed by atoms with Crippen molar-refractivity contribution in [1.29, 1.82) is 0 Å². The molecule has 12 heteroatoms. The third kappa shape index (κ3) is 8.42. The van der Waals surface area contributed by atoms with Crippen LogP contribution < -0.4 is 5.32 Å². The highest BCUT2D eigenvalue weighted by molar-refractivity contribution is 6.31. The minimum absolute atomic E-state index is 0.250. The third-order valence-electron chi connectivity index (χ3n) is 6.38. The molecule has 0 saturated carbocycles. The molecular formula is C26H30Cl2F3N3O4.